The summed E-state index contributed by atoms with van der Waals surface area (Å²) in [6, 6.07) is 87.7. The molecule has 304 valence electrons. The van der Waals surface area contributed by atoms with Gasteiger partial charge in [0.25, 0.3) is 0 Å². The molecule has 13 rings (SSSR count). The zero-order valence-electron chi connectivity index (χ0n) is 35.4. The molecule has 0 aliphatic heterocycles. The Bertz CT molecular complexity index is 3880. The topological polar surface area (TPSA) is 21.3 Å². The Labute approximate surface area is 376 Å². The lowest BCUT2D eigenvalue weighted by atomic mass is 10.00. The van der Waals surface area contributed by atoms with E-state index in [0.717, 1.165) is 66.8 Å². The fraction of sp³-hybridized carbons (Fsp3) is 0. The van der Waals surface area contributed by atoms with E-state index in [-0.39, 0.29) is 0 Å². The number of furan rings is 1. The van der Waals surface area contributed by atoms with Crippen molar-refractivity contribution in [2.75, 3.05) is 4.90 Å². The van der Waals surface area contributed by atoms with Crippen LogP contribution in [0.5, 0.6) is 0 Å². The van der Waals surface area contributed by atoms with Crippen molar-refractivity contribution in [1.29, 1.82) is 0 Å². The van der Waals surface area contributed by atoms with Crippen molar-refractivity contribution >= 4 is 82.4 Å². The molecule has 3 nitrogen and oxygen atoms in total. The van der Waals surface area contributed by atoms with Gasteiger partial charge in [0.1, 0.15) is 11.2 Å². The summed E-state index contributed by atoms with van der Waals surface area (Å²) in [5, 5.41) is 9.59. The van der Waals surface area contributed by atoms with Gasteiger partial charge in [0.05, 0.1) is 11.0 Å². The van der Waals surface area contributed by atoms with Crippen LogP contribution >= 0.6 is 0 Å². The minimum Gasteiger partial charge on any atom is -0.455 e. The van der Waals surface area contributed by atoms with E-state index < -0.39 is 0 Å². The highest BCUT2D eigenvalue weighted by molar-refractivity contribution is 6.15. The highest BCUT2D eigenvalue weighted by Gasteiger charge is 2.17. The molecule has 2 heterocycles. The van der Waals surface area contributed by atoms with E-state index >= 15 is 0 Å². The predicted molar refractivity (Wildman–Crippen MR) is 274 cm³/mol. The second-order valence-corrected chi connectivity index (χ2v) is 16.9. The Kier molecular flexibility index (Phi) is 8.53. The van der Waals surface area contributed by atoms with Crippen LogP contribution in [0.2, 0.25) is 0 Å². The lowest BCUT2D eigenvalue weighted by Gasteiger charge is -2.26. The Morgan fingerprint density at radius 3 is 1.43 bits per heavy atom. The van der Waals surface area contributed by atoms with Gasteiger partial charge in [0.15, 0.2) is 0 Å². The maximum atomic E-state index is 6.44. The smallest absolute Gasteiger partial charge is 0.143 e. The number of rotatable bonds is 7. The second-order valence-electron chi connectivity index (χ2n) is 16.9. The van der Waals surface area contributed by atoms with Crippen molar-refractivity contribution in [3.8, 4) is 39.1 Å². The zero-order valence-corrected chi connectivity index (χ0v) is 35.4. The molecule has 0 N–H and O–H groups in total. The van der Waals surface area contributed by atoms with Crippen molar-refractivity contribution in [3.05, 3.63) is 243 Å². The Balaban J connectivity index is 0.871. The Morgan fingerprint density at radius 2 is 0.785 bits per heavy atom. The van der Waals surface area contributed by atoms with Gasteiger partial charge < -0.3 is 13.9 Å². The summed E-state index contributed by atoms with van der Waals surface area (Å²) in [6.45, 7) is 0. The van der Waals surface area contributed by atoms with Gasteiger partial charge in [-0.25, -0.2) is 0 Å². The third kappa shape index (κ3) is 6.28. The number of fused-ring (bicyclic) bond motifs is 9. The van der Waals surface area contributed by atoms with Crippen LogP contribution in [0.4, 0.5) is 17.1 Å². The van der Waals surface area contributed by atoms with Crippen molar-refractivity contribution in [2.45, 2.75) is 0 Å². The van der Waals surface area contributed by atoms with Crippen molar-refractivity contribution < 1.29 is 4.42 Å². The van der Waals surface area contributed by atoms with Gasteiger partial charge in [-0.15, -0.1) is 0 Å². The first-order chi connectivity index (χ1) is 32.2. The maximum absolute atomic E-state index is 6.44. The first kappa shape index (κ1) is 36.9. The molecular weight excluding hydrogens is 789 g/mol. The van der Waals surface area contributed by atoms with Gasteiger partial charge >= 0.3 is 0 Å². The van der Waals surface area contributed by atoms with Crippen LogP contribution in [0.25, 0.3) is 104 Å². The van der Waals surface area contributed by atoms with Crippen LogP contribution in [0.1, 0.15) is 0 Å². The summed E-state index contributed by atoms with van der Waals surface area (Å²) in [7, 11) is 0. The molecule has 0 saturated heterocycles. The normalized spacial score (nSPS) is 11.7. The molecule has 0 fully saturated rings. The quantitative estimate of drug-likeness (QED) is 0.160. The highest BCUT2D eigenvalue weighted by atomic mass is 16.3. The molecule has 0 aliphatic rings. The second kappa shape index (κ2) is 15.0. The lowest BCUT2D eigenvalue weighted by molar-refractivity contribution is 0.672. The number of anilines is 3. The lowest BCUT2D eigenvalue weighted by Crippen LogP contribution is -2.09. The van der Waals surface area contributed by atoms with E-state index in [4.69, 9.17) is 4.42 Å². The zero-order chi connectivity index (χ0) is 42.8. The molecule has 0 atom stereocenters. The summed E-state index contributed by atoms with van der Waals surface area (Å²) < 4.78 is 8.82. The van der Waals surface area contributed by atoms with Gasteiger partial charge in [-0.2, -0.15) is 0 Å². The third-order valence-corrected chi connectivity index (χ3v) is 13.2. The molecular formula is C62H40N2O. The van der Waals surface area contributed by atoms with E-state index in [1.54, 1.807) is 0 Å². The highest BCUT2D eigenvalue weighted by Crippen LogP contribution is 2.41. The molecule has 65 heavy (non-hydrogen) atoms. The van der Waals surface area contributed by atoms with Crippen molar-refractivity contribution in [3.63, 3.8) is 0 Å². The number of hydrogen-bond acceptors (Lipinski definition) is 2. The van der Waals surface area contributed by atoms with E-state index in [1.807, 2.05) is 0 Å². The number of benzene rings is 11. The number of aromatic nitrogens is 1. The first-order valence-corrected chi connectivity index (χ1v) is 22.2. The first-order valence-electron chi connectivity index (χ1n) is 22.2. The number of nitrogens with zero attached hydrogens (tertiary/aromatic N) is 2. The van der Waals surface area contributed by atoms with Crippen LogP contribution in [0, 0.1) is 0 Å². The molecule has 0 saturated carbocycles. The monoisotopic (exact) mass is 828 g/mol. The van der Waals surface area contributed by atoms with Crippen LogP contribution in [-0.2, 0) is 0 Å². The van der Waals surface area contributed by atoms with Gasteiger partial charge in [-0.05, 0) is 134 Å². The van der Waals surface area contributed by atoms with Crippen LogP contribution < -0.4 is 4.90 Å². The average molecular weight is 829 g/mol. The molecule has 2 aromatic heterocycles. The fourth-order valence-electron chi connectivity index (χ4n) is 9.93. The summed E-state index contributed by atoms with van der Waals surface area (Å²) >= 11 is 0. The maximum Gasteiger partial charge on any atom is 0.143 e. The molecule has 0 unspecified atom stereocenters. The van der Waals surface area contributed by atoms with Crippen LogP contribution in [-0.4, -0.2) is 4.57 Å². The SMILES string of the molecule is c1cc(-c2ccc(N(c3ccc(-c4ccc5ccccc5c4)cc3)c3ccc(-c4ccc5oc6c7ccccc7ccc6c5c4)cc3)cc2)cc(-n2c3ccccc3c3ccccc32)c1. The van der Waals surface area contributed by atoms with Crippen molar-refractivity contribution in [2.24, 2.45) is 0 Å². The molecule has 0 radical (unpaired) electrons. The van der Waals surface area contributed by atoms with E-state index in [1.165, 1.54) is 54.7 Å². The Hall–Kier alpha value is -8.66. The summed E-state index contributed by atoms with van der Waals surface area (Å²) in [6.07, 6.45) is 0. The van der Waals surface area contributed by atoms with Gasteiger partial charge in [-0.1, -0.05) is 158 Å². The van der Waals surface area contributed by atoms with Crippen LogP contribution in [0.3, 0.4) is 0 Å². The summed E-state index contributed by atoms with van der Waals surface area (Å²) in [4.78, 5) is 2.35. The van der Waals surface area contributed by atoms with Gasteiger partial charge in [0, 0.05) is 49.7 Å². The third-order valence-electron chi connectivity index (χ3n) is 13.2. The summed E-state index contributed by atoms with van der Waals surface area (Å²) in [5.74, 6) is 0. The molecule has 0 bridgehead atoms. The van der Waals surface area contributed by atoms with Crippen molar-refractivity contribution in [1.82, 2.24) is 4.57 Å². The van der Waals surface area contributed by atoms with Crippen LogP contribution in [0.15, 0.2) is 247 Å². The van der Waals surface area contributed by atoms with E-state index in [9.17, 15) is 0 Å². The molecule has 3 heteroatoms. The molecule has 13 aromatic rings. The standard InChI is InChI=1S/C62H40N2O/c1-2-12-46-38-48(21-20-41(46)10-1)43-24-32-51(33-25-43)63(52-34-26-44(27-35-52)49-29-37-61-58(40-49)57-36-28-45-11-3-4-15-54(45)62(57)65-61)50-30-22-42(23-31-50)47-13-9-14-53(39-47)64-59-18-7-5-16-55(59)56-17-6-8-19-60(56)64/h1-40H. The molecule has 11 aromatic carbocycles. The summed E-state index contributed by atoms with van der Waals surface area (Å²) in [5.41, 5.74) is 15.7. The van der Waals surface area contributed by atoms with E-state index in [2.05, 4.69) is 252 Å². The number of para-hydroxylation sites is 2. The molecule has 0 spiro atoms. The minimum atomic E-state index is 0.900. The average Bonchev–Trinajstić information content (AvgIpc) is 3.93. The molecule has 0 aliphatic carbocycles. The number of hydrogen-bond donors (Lipinski definition) is 0. The largest absolute Gasteiger partial charge is 0.455 e. The minimum absolute atomic E-state index is 0.900. The van der Waals surface area contributed by atoms with E-state index in [0.29, 0.717) is 0 Å². The Morgan fingerprint density at radius 1 is 0.292 bits per heavy atom. The fourth-order valence-corrected chi connectivity index (χ4v) is 9.93. The predicted octanol–water partition coefficient (Wildman–Crippen LogP) is 17.5. The van der Waals surface area contributed by atoms with Gasteiger partial charge in [-0.3, -0.25) is 0 Å². The molecule has 0 amide bonds. The van der Waals surface area contributed by atoms with Gasteiger partial charge in [0.2, 0.25) is 0 Å².